The van der Waals surface area contributed by atoms with Crippen LogP contribution in [-0.4, -0.2) is 29.5 Å². The third kappa shape index (κ3) is 5.08. The van der Waals surface area contributed by atoms with E-state index in [1.54, 1.807) is 20.8 Å². The Balaban J connectivity index is 4.40. The monoisotopic (exact) mass is 248 g/mol. The second-order valence-electron chi connectivity index (χ2n) is 5.08. The van der Waals surface area contributed by atoms with E-state index in [4.69, 9.17) is 4.74 Å². The van der Waals surface area contributed by atoms with Crippen LogP contribution in [0.4, 0.5) is 0 Å². The second kappa shape index (κ2) is 3.82. The van der Waals surface area contributed by atoms with Crippen molar-refractivity contribution in [2.45, 2.75) is 43.6 Å². The summed E-state index contributed by atoms with van der Waals surface area (Å²) in [6.07, 6.45) is 0. The van der Waals surface area contributed by atoms with Crippen molar-refractivity contribution in [1.82, 2.24) is 0 Å². The van der Waals surface area contributed by atoms with E-state index in [2.05, 4.69) is 0 Å². The fraction of sp³-hybridized carbons (Fsp3) is 0.778. The third-order valence-corrected chi connectivity index (χ3v) is 4.55. The van der Waals surface area contributed by atoms with E-state index in [-0.39, 0.29) is 4.62 Å². The zero-order valence-electron chi connectivity index (χ0n) is 9.22. The molecule has 0 saturated heterocycles. The molecule has 76 valence electrons. The van der Waals surface area contributed by atoms with E-state index in [0.29, 0.717) is 0 Å². The van der Waals surface area contributed by atoms with Gasteiger partial charge >= 0.3 is 81.8 Å². The van der Waals surface area contributed by atoms with Gasteiger partial charge in [0.15, 0.2) is 0 Å². The molecule has 0 radical (unpaired) electrons. The Morgan fingerprint density at radius 3 is 1.69 bits per heavy atom. The molecule has 13 heavy (non-hydrogen) atoms. The van der Waals surface area contributed by atoms with Crippen molar-refractivity contribution in [1.29, 1.82) is 0 Å². The summed E-state index contributed by atoms with van der Waals surface area (Å²) in [6, 6.07) is 0. The molecule has 0 saturated carbocycles. The molecule has 0 aliphatic carbocycles. The Hall–Kier alpha value is -0.317. The van der Waals surface area contributed by atoms with Crippen molar-refractivity contribution in [3.05, 3.63) is 0 Å². The van der Waals surface area contributed by atoms with Crippen molar-refractivity contribution in [2.24, 2.45) is 0 Å². The molecule has 0 aliphatic rings. The number of hydrogen-bond acceptors (Lipinski definition) is 3. The molecule has 0 aromatic heterocycles. The maximum absolute atomic E-state index is 11.5. The van der Waals surface area contributed by atoms with Crippen molar-refractivity contribution >= 4 is 23.9 Å². The fourth-order valence-electron chi connectivity index (χ4n) is 0.631. The van der Waals surface area contributed by atoms with Gasteiger partial charge in [-0.05, 0) is 0 Å². The zero-order chi connectivity index (χ0) is 10.9. The van der Waals surface area contributed by atoms with Crippen LogP contribution in [0.5, 0.6) is 0 Å². The van der Waals surface area contributed by atoms with Gasteiger partial charge in [0.25, 0.3) is 0 Å². The van der Waals surface area contributed by atoms with Crippen LogP contribution >= 0.6 is 0 Å². The fourth-order valence-corrected chi connectivity index (χ4v) is 2.02. The Kier molecular flexibility index (Phi) is 3.73. The van der Waals surface area contributed by atoms with Crippen molar-refractivity contribution in [2.75, 3.05) is 0 Å². The third-order valence-electron chi connectivity index (χ3n) is 1.27. The van der Waals surface area contributed by atoms with Crippen LogP contribution in [0.3, 0.4) is 0 Å². The van der Waals surface area contributed by atoms with Gasteiger partial charge in [-0.2, -0.15) is 0 Å². The molecule has 0 unspecified atom stereocenters. The molecule has 0 fully saturated rings. The standard InChI is InChI=1S/C9H18GeO3/c1-9(2,3)13-8(12)7(11)10(4,5)6/h1-6H3. The van der Waals surface area contributed by atoms with Gasteiger partial charge in [-0.1, -0.05) is 0 Å². The predicted molar refractivity (Wildman–Crippen MR) is 54.2 cm³/mol. The maximum atomic E-state index is 11.5. The first kappa shape index (κ1) is 12.7. The minimum atomic E-state index is -2.52. The normalized spacial score (nSPS) is 12.5. The van der Waals surface area contributed by atoms with Crippen LogP contribution in [0, 0.1) is 0 Å². The quantitative estimate of drug-likeness (QED) is 0.424. The molecule has 0 spiro atoms. The molecule has 0 bridgehead atoms. The molecule has 0 amide bonds. The summed E-state index contributed by atoms with van der Waals surface area (Å²) in [7, 11) is 0. The summed E-state index contributed by atoms with van der Waals surface area (Å²) in [4.78, 5) is 22.7. The summed E-state index contributed by atoms with van der Waals surface area (Å²) in [5, 5.41) is 0. The van der Waals surface area contributed by atoms with E-state index >= 15 is 0 Å². The molecule has 0 aromatic rings. The summed E-state index contributed by atoms with van der Waals surface area (Å²) in [6.45, 7) is 5.27. The van der Waals surface area contributed by atoms with E-state index in [1.807, 2.05) is 17.3 Å². The second-order valence-corrected chi connectivity index (χ2v) is 15.5. The first-order valence-corrected chi connectivity index (χ1v) is 11.7. The van der Waals surface area contributed by atoms with E-state index in [1.165, 1.54) is 0 Å². The predicted octanol–water partition coefficient (Wildman–Crippen LogP) is 1.77. The first-order chi connectivity index (χ1) is 5.54. The van der Waals surface area contributed by atoms with Crippen LogP contribution in [0.1, 0.15) is 20.8 Å². The van der Waals surface area contributed by atoms with Crippen LogP contribution in [0.25, 0.3) is 0 Å². The average molecular weight is 247 g/mol. The Morgan fingerprint density at radius 2 is 1.46 bits per heavy atom. The minimum absolute atomic E-state index is 0.296. The number of carbonyl (C=O) groups excluding carboxylic acids is 2. The number of carbonyl (C=O) groups is 2. The average Bonchev–Trinajstić information content (AvgIpc) is 1.79. The number of esters is 1. The van der Waals surface area contributed by atoms with Crippen LogP contribution < -0.4 is 0 Å². The van der Waals surface area contributed by atoms with Gasteiger partial charge < -0.3 is 0 Å². The molecular weight excluding hydrogens is 229 g/mol. The van der Waals surface area contributed by atoms with E-state index in [9.17, 15) is 9.59 Å². The van der Waals surface area contributed by atoms with Gasteiger partial charge in [0.2, 0.25) is 0 Å². The Morgan fingerprint density at radius 1 is 1.08 bits per heavy atom. The van der Waals surface area contributed by atoms with Gasteiger partial charge in [-0.3, -0.25) is 0 Å². The molecule has 0 aliphatic heterocycles. The SMILES string of the molecule is CC(C)(C)OC(=O)[C](=O)[Ge]([CH3])([CH3])[CH3]. The Bertz CT molecular complexity index is 220. The first-order valence-electron chi connectivity index (χ1n) is 4.32. The number of hydrogen-bond donors (Lipinski definition) is 0. The van der Waals surface area contributed by atoms with Crippen LogP contribution in [0.2, 0.25) is 17.3 Å². The molecule has 0 N–H and O–H groups in total. The molecule has 0 aromatic carbocycles. The number of rotatable bonds is 2. The summed E-state index contributed by atoms with van der Waals surface area (Å²) in [5.74, 6) is 4.98. The van der Waals surface area contributed by atoms with Crippen LogP contribution in [-0.2, 0) is 14.3 Å². The van der Waals surface area contributed by atoms with Gasteiger partial charge in [-0.15, -0.1) is 0 Å². The zero-order valence-corrected chi connectivity index (χ0v) is 11.3. The summed E-state index contributed by atoms with van der Waals surface area (Å²) >= 11 is -2.52. The molecule has 4 heteroatoms. The van der Waals surface area contributed by atoms with Crippen molar-refractivity contribution in [3.8, 4) is 0 Å². The number of ether oxygens (including phenoxy) is 1. The summed E-state index contributed by atoms with van der Waals surface area (Å²) in [5.41, 5.74) is -0.569. The topological polar surface area (TPSA) is 43.4 Å². The van der Waals surface area contributed by atoms with E-state index in [0.717, 1.165) is 0 Å². The van der Waals surface area contributed by atoms with Gasteiger partial charge in [0, 0.05) is 0 Å². The van der Waals surface area contributed by atoms with Crippen LogP contribution in [0.15, 0.2) is 0 Å². The Labute approximate surface area is 82.2 Å². The molecule has 3 nitrogen and oxygen atoms in total. The van der Waals surface area contributed by atoms with Crippen molar-refractivity contribution in [3.63, 3.8) is 0 Å². The van der Waals surface area contributed by atoms with Crippen molar-refractivity contribution < 1.29 is 14.3 Å². The van der Waals surface area contributed by atoms with Gasteiger partial charge in [0.1, 0.15) is 0 Å². The molecule has 0 heterocycles. The summed E-state index contributed by atoms with van der Waals surface area (Å²) < 4.78 is 4.69. The molecule has 0 atom stereocenters. The van der Waals surface area contributed by atoms with Gasteiger partial charge in [0.05, 0.1) is 0 Å². The van der Waals surface area contributed by atoms with E-state index < -0.39 is 24.8 Å². The molecule has 0 rings (SSSR count). The molecular formula is C9H18GeO3. The van der Waals surface area contributed by atoms with Gasteiger partial charge in [-0.25, -0.2) is 0 Å².